The Balaban J connectivity index is 0.926. The molecule has 3 aromatic heterocycles. The van der Waals surface area contributed by atoms with Crippen LogP contribution in [0.25, 0.3) is 81.0 Å². The largest absolute Gasteiger partial charge is 0.347 e. The summed E-state index contributed by atoms with van der Waals surface area (Å²) in [6, 6.07) is 59.0. The zero-order chi connectivity index (χ0) is 37.5. The first-order valence-corrected chi connectivity index (χ1v) is 21.1. The highest BCUT2D eigenvalue weighted by Gasteiger charge is 2.27. The Kier molecular flexibility index (Phi) is 7.43. The molecule has 57 heavy (non-hydrogen) atoms. The summed E-state index contributed by atoms with van der Waals surface area (Å²) in [4.78, 5) is 10.2. The molecule has 10 aromatic rings. The molecule has 270 valence electrons. The topological polar surface area (TPSA) is 41.7 Å². The van der Waals surface area contributed by atoms with Crippen molar-refractivity contribution in [1.29, 1.82) is 0 Å². The number of hydrogen-bond acceptors (Lipinski definition) is 5. The lowest BCUT2D eigenvalue weighted by molar-refractivity contribution is 0.504. The van der Waals surface area contributed by atoms with E-state index in [1.165, 1.54) is 78.6 Å². The molecule has 0 radical (unpaired) electrons. The summed E-state index contributed by atoms with van der Waals surface area (Å²) in [5.41, 5.74) is 8.29. The van der Waals surface area contributed by atoms with Crippen molar-refractivity contribution < 1.29 is 0 Å². The van der Waals surface area contributed by atoms with Crippen molar-refractivity contribution in [3.8, 4) is 16.8 Å². The number of rotatable bonds is 5. The van der Waals surface area contributed by atoms with Gasteiger partial charge in [0.15, 0.2) is 5.84 Å². The van der Waals surface area contributed by atoms with Crippen molar-refractivity contribution in [3.63, 3.8) is 0 Å². The Morgan fingerprint density at radius 2 is 1.26 bits per heavy atom. The van der Waals surface area contributed by atoms with Gasteiger partial charge in [-0.05, 0) is 59.2 Å². The molecule has 0 fully saturated rings. The third kappa shape index (κ3) is 5.32. The molecular formula is C51H34N4S2. The molecule has 7 aromatic carbocycles. The van der Waals surface area contributed by atoms with Gasteiger partial charge in [-0.2, -0.15) is 0 Å². The lowest BCUT2D eigenvalue weighted by atomic mass is 9.94. The highest BCUT2D eigenvalue weighted by molar-refractivity contribution is 7.26. The van der Waals surface area contributed by atoms with Crippen molar-refractivity contribution >= 4 is 98.6 Å². The zero-order valence-electron chi connectivity index (χ0n) is 30.8. The highest BCUT2D eigenvalue weighted by atomic mass is 32.1. The number of nitrogens with zero attached hydrogens (tertiary/aromatic N) is 3. The van der Waals surface area contributed by atoms with Crippen molar-refractivity contribution in [2.45, 2.75) is 12.6 Å². The first-order chi connectivity index (χ1) is 28.2. The van der Waals surface area contributed by atoms with Crippen LogP contribution >= 0.6 is 22.7 Å². The minimum absolute atomic E-state index is 0.133. The summed E-state index contributed by atoms with van der Waals surface area (Å²) in [5.74, 6) is 1.82. The van der Waals surface area contributed by atoms with Gasteiger partial charge in [0.1, 0.15) is 12.0 Å². The van der Waals surface area contributed by atoms with E-state index in [4.69, 9.17) is 9.98 Å². The van der Waals surface area contributed by atoms with E-state index >= 15 is 0 Å². The van der Waals surface area contributed by atoms with Crippen LogP contribution in [0.4, 0.5) is 0 Å². The SMILES string of the molecule is C1=c2sc3cc(-c4cccc5sc6cc(-n7c8ccccc8c8ccccc87)ccc6c45)ccc3c2=CC(C2N=C(c3ccccc3)N=C(c3ccccc3)N2)C1. The van der Waals surface area contributed by atoms with Crippen LogP contribution in [0.5, 0.6) is 0 Å². The molecule has 0 saturated heterocycles. The fourth-order valence-electron chi connectivity index (χ4n) is 8.91. The van der Waals surface area contributed by atoms with Crippen molar-refractivity contribution in [1.82, 2.24) is 9.88 Å². The normalized spacial score (nSPS) is 16.6. The first-order valence-electron chi connectivity index (χ1n) is 19.5. The molecule has 4 nitrogen and oxygen atoms in total. The second kappa shape index (κ2) is 13.0. The Morgan fingerprint density at radius 3 is 2.05 bits per heavy atom. The van der Waals surface area contributed by atoms with Gasteiger partial charge in [0.25, 0.3) is 0 Å². The highest BCUT2D eigenvalue weighted by Crippen LogP contribution is 2.42. The summed E-state index contributed by atoms with van der Waals surface area (Å²) in [6.07, 6.45) is 5.65. The third-order valence-electron chi connectivity index (χ3n) is 11.6. The van der Waals surface area contributed by atoms with Crippen LogP contribution in [-0.2, 0) is 0 Å². The van der Waals surface area contributed by atoms with Crippen LogP contribution < -0.4 is 15.1 Å². The second-order valence-corrected chi connectivity index (χ2v) is 17.1. The molecule has 6 heteroatoms. The van der Waals surface area contributed by atoms with Crippen molar-refractivity contribution in [2.24, 2.45) is 15.9 Å². The minimum atomic E-state index is -0.133. The minimum Gasteiger partial charge on any atom is -0.347 e. The van der Waals surface area contributed by atoms with Crippen LogP contribution in [0.2, 0.25) is 0 Å². The monoisotopic (exact) mass is 766 g/mol. The van der Waals surface area contributed by atoms with Gasteiger partial charge in [0.05, 0.1) is 11.0 Å². The van der Waals surface area contributed by atoms with E-state index in [1.807, 2.05) is 34.8 Å². The Hall–Kier alpha value is -6.60. The zero-order valence-corrected chi connectivity index (χ0v) is 32.4. The van der Waals surface area contributed by atoms with Crippen LogP contribution in [0, 0.1) is 5.92 Å². The fraction of sp³-hybridized carbons (Fsp3) is 0.0588. The van der Waals surface area contributed by atoms with E-state index in [0.717, 1.165) is 29.2 Å². The molecule has 12 rings (SSSR count). The van der Waals surface area contributed by atoms with Crippen LogP contribution in [0.3, 0.4) is 0 Å². The number of amidine groups is 2. The van der Waals surface area contributed by atoms with E-state index in [9.17, 15) is 0 Å². The lowest BCUT2D eigenvalue weighted by Gasteiger charge is -2.28. The van der Waals surface area contributed by atoms with E-state index in [2.05, 4.69) is 174 Å². The number of para-hydroxylation sites is 2. The van der Waals surface area contributed by atoms with Gasteiger partial charge >= 0.3 is 0 Å². The number of nitrogens with one attached hydrogen (secondary N) is 1. The predicted octanol–water partition coefficient (Wildman–Crippen LogP) is 11.4. The molecule has 4 heterocycles. The molecule has 1 aliphatic heterocycles. The summed E-state index contributed by atoms with van der Waals surface area (Å²) >= 11 is 3.78. The molecule has 2 unspecified atom stereocenters. The first kappa shape index (κ1) is 32.6. The smallest absolute Gasteiger partial charge is 0.159 e. The van der Waals surface area contributed by atoms with Gasteiger partial charge < -0.3 is 9.88 Å². The van der Waals surface area contributed by atoms with E-state index < -0.39 is 0 Å². The maximum atomic E-state index is 5.21. The van der Waals surface area contributed by atoms with Gasteiger partial charge in [-0.15, -0.1) is 22.7 Å². The quantitative estimate of drug-likeness (QED) is 0.186. The fourth-order valence-corrected chi connectivity index (χ4v) is 11.3. The molecule has 0 saturated carbocycles. The van der Waals surface area contributed by atoms with E-state index in [-0.39, 0.29) is 12.1 Å². The number of aliphatic imine (C=N–C) groups is 2. The molecule has 2 aliphatic rings. The second-order valence-electron chi connectivity index (χ2n) is 14.9. The van der Waals surface area contributed by atoms with Crippen molar-refractivity contribution in [3.05, 3.63) is 185 Å². The molecule has 0 bridgehead atoms. The van der Waals surface area contributed by atoms with Gasteiger partial charge in [-0.25, -0.2) is 9.98 Å². The Labute approximate surface area is 336 Å². The summed E-state index contributed by atoms with van der Waals surface area (Å²) < 4.78 is 7.68. The molecule has 1 N–H and O–H groups in total. The standard InChI is InChI=1S/C51H34N4S2/c1-3-12-31(13-4-1)49-52-50(32-14-5-2-6-15-32)54-51(53-49)34-23-27-44-41(28-34)39-25-22-33(29-46(39)56-44)36-18-11-21-45-48(36)40-26-24-35(30-47(40)57-45)55-42-19-9-7-16-37(42)38-17-8-10-20-43(38)55/h1-22,24-30,34,51H,23H2,(H,52,53,54). The maximum Gasteiger partial charge on any atom is 0.159 e. The van der Waals surface area contributed by atoms with E-state index in [1.54, 1.807) is 0 Å². The number of benzene rings is 7. The molecular weight excluding hydrogens is 733 g/mol. The maximum absolute atomic E-state index is 5.21. The molecule has 2 atom stereocenters. The molecule has 0 spiro atoms. The van der Waals surface area contributed by atoms with Gasteiger partial charge in [-0.3, -0.25) is 0 Å². The van der Waals surface area contributed by atoms with E-state index in [0.29, 0.717) is 0 Å². The summed E-state index contributed by atoms with van der Waals surface area (Å²) in [7, 11) is 0. The average Bonchev–Trinajstić information content (AvgIpc) is 3.95. The summed E-state index contributed by atoms with van der Waals surface area (Å²) in [5, 5.41) is 11.5. The number of aromatic nitrogens is 1. The Bertz CT molecular complexity index is 3370. The lowest BCUT2D eigenvalue weighted by Crippen LogP contribution is -2.44. The van der Waals surface area contributed by atoms with Gasteiger partial charge in [0, 0.05) is 68.3 Å². The summed E-state index contributed by atoms with van der Waals surface area (Å²) in [6.45, 7) is 0. The van der Waals surface area contributed by atoms with Gasteiger partial charge in [0.2, 0.25) is 0 Å². The van der Waals surface area contributed by atoms with Crippen molar-refractivity contribution in [2.75, 3.05) is 0 Å². The number of hydrogen-bond donors (Lipinski definition) is 1. The predicted molar refractivity (Wildman–Crippen MR) is 244 cm³/mol. The van der Waals surface area contributed by atoms with Gasteiger partial charge in [-0.1, -0.05) is 140 Å². The number of fused-ring (bicyclic) bond motifs is 9. The van der Waals surface area contributed by atoms with Crippen LogP contribution in [-0.4, -0.2) is 22.4 Å². The third-order valence-corrected chi connectivity index (χ3v) is 13.9. The number of thiophene rings is 2. The molecule has 1 aliphatic carbocycles. The average molecular weight is 767 g/mol. The van der Waals surface area contributed by atoms with Crippen LogP contribution in [0.15, 0.2) is 174 Å². The Morgan fingerprint density at radius 1 is 0.561 bits per heavy atom. The van der Waals surface area contributed by atoms with Crippen LogP contribution in [0.1, 0.15) is 17.5 Å². The molecule has 0 amide bonds.